The number of anilines is 1. The van der Waals surface area contributed by atoms with Crippen LogP contribution in [0.4, 0.5) is 5.69 Å². The van der Waals surface area contributed by atoms with E-state index in [0.29, 0.717) is 36.3 Å². The molecule has 0 spiro atoms. The number of ketones is 1. The summed E-state index contributed by atoms with van der Waals surface area (Å²) in [4.78, 5) is 12.6. The van der Waals surface area contributed by atoms with Gasteiger partial charge in [0.15, 0.2) is 5.78 Å². The second kappa shape index (κ2) is 10.9. The van der Waals surface area contributed by atoms with Gasteiger partial charge in [-0.25, -0.2) is 0 Å². The van der Waals surface area contributed by atoms with E-state index >= 15 is 0 Å². The maximum atomic E-state index is 12.6. The van der Waals surface area contributed by atoms with Gasteiger partial charge < -0.3 is 15.2 Å². The summed E-state index contributed by atoms with van der Waals surface area (Å²) in [6.07, 6.45) is 8.59. The molecule has 2 aromatic carbocycles. The molecular formula is C25H29NO3. The highest BCUT2D eigenvalue weighted by molar-refractivity contribution is 6.07. The second-order valence-electron chi connectivity index (χ2n) is 6.65. The summed E-state index contributed by atoms with van der Waals surface area (Å²) in [5.41, 5.74) is 3.68. The van der Waals surface area contributed by atoms with Crippen LogP contribution in [0.25, 0.3) is 6.08 Å². The van der Waals surface area contributed by atoms with Gasteiger partial charge in [0.1, 0.15) is 11.5 Å². The van der Waals surface area contributed by atoms with Crippen molar-refractivity contribution in [2.75, 3.05) is 19.0 Å². The van der Waals surface area contributed by atoms with Gasteiger partial charge in [0.2, 0.25) is 0 Å². The number of nitrogens with one attached hydrogen (secondary N) is 1. The standard InChI is InChI=1S/C25H29NO3/c1-5-8-19-17-20(9-6-2)25(29-16-7-3)22(24(19)28)14-15-23(27)18-10-12-21(26-4)13-11-18/h5-6,10-15,17,26,28H,1-2,7-9,16H2,3-4H3. The summed E-state index contributed by atoms with van der Waals surface area (Å²) < 4.78 is 5.95. The lowest BCUT2D eigenvalue weighted by Crippen LogP contribution is -2.03. The third-order valence-electron chi connectivity index (χ3n) is 4.48. The average Bonchev–Trinajstić information content (AvgIpc) is 2.74. The molecule has 0 saturated heterocycles. The van der Waals surface area contributed by atoms with Gasteiger partial charge in [-0.2, -0.15) is 0 Å². The zero-order chi connectivity index (χ0) is 21.2. The maximum absolute atomic E-state index is 12.6. The largest absolute Gasteiger partial charge is 0.507 e. The minimum Gasteiger partial charge on any atom is -0.507 e. The fourth-order valence-electron chi connectivity index (χ4n) is 3.00. The Hall–Kier alpha value is -3.27. The monoisotopic (exact) mass is 391 g/mol. The number of hydrogen-bond acceptors (Lipinski definition) is 4. The Balaban J connectivity index is 2.48. The first-order valence-electron chi connectivity index (χ1n) is 9.78. The van der Waals surface area contributed by atoms with Crippen LogP contribution in [0.5, 0.6) is 11.5 Å². The normalized spacial score (nSPS) is 10.7. The van der Waals surface area contributed by atoms with E-state index in [1.807, 2.05) is 32.2 Å². The third kappa shape index (κ3) is 5.61. The predicted molar refractivity (Wildman–Crippen MR) is 121 cm³/mol. The molecule has 29 heavy (non-hydrogen) atoms. The van der Waals surface area contributed by atoms with Crippen molar-refractivity contribution in [3.63, 3.8) is 0 Å². The van der Waals surface area contributed by atoms with Crippen molar-refractivity contribution in [2.45, 2.75) is 26.2 Å². The Morgan fingerprint density at radius 2 is 1.79 bits per heavy atom. The molecule has 152 valence electrons. The molecule has 0 fully saturated rings. The van der Waals surface area contributed by atoms with Crippen LogP contribution in [0, 0.1) is 0 Å². The summed E-state index contributed by atoms with van der Waals surface area (Å²) in [7, 11) is 1.83. The van der Waals surface area contributed by atoms with E-state index in [-0.39, 0.29) is 11.5 Å². The number of aromatic hydroxyl groups is 1. The van der Waals surface area contributed by atoms with Crippen LogP contribution < -0.4 is 10.1 Å². The van der Waals surface area contributed by atoms with E-state index in [1.165, 1.54) is 6.08 Å². The second-order valence-corrected chi connectivity index (χ2v) is 6.65. The number of allylic oxidation sites excluding steroid dienone is 3. The average molecular weight is 392 g/mol. The lowest BCUT2D eigenvalue weighted by atomic mass is 9.97. The lowest BCUT2D eigenvalue weighted by molar-refractivity contribution is 0.104. The topological polar surface area (TPSA) is 58.6 Å². The number of hydrogen-bond donors (Lipinski definition) is 2. The molecular weight excluding hydrogens is 362 g/mol. The fraction of sp³-hybridized carbons (Fsp3) is 0.240. The van der Waals surface area contributed by atoms with Crippen molar-refractivity contribution in [1.82, 2.24) is 0 Å². The van der Waals surface area contributed by atoms with Gasteiger partial charge in [0.05, 0.1) is 12.2 Å². The quantitative estimate of drug-likeness (QED) is 0.298. The minimum absolute atomic E-state index is 0.110. The number of carbonyl (C=O) groups is 1. The molecule has 0 heterocycles. The van der Waals surface area contributed by atoms with Crippen LogP contribution in [-0.4, -0.2) is 24.5 Å². The van der Waals surface area contributed by atoms with E-state index in [2.05, 4.69) is 18.5 Å². The van der Waals surface area contributed by atoms with Gasteiger partial charge in [-0.3, -0.25) is 4.79 Å². The molecule has 2 N–H and O–H groups in total. The molecule has 0 aliphatic rings. The number of rotatable bonds is 11. The molecule has 0 aliphatic carbocycles. The zero-order valence-electron chi connectivity index (χ0n) is 17.2. The molecule has 0 radical (unpaired) electrons. The first kappa shape index (κ1) is 22.0. The van der Waals surface area contributed by atoms with Crippen LogP contribution in [-0.2, 0) is 12.8 Å². The van der Waals surface area contributed by atoms with Crippen molar-refractivity contribution in [3.05, 3.63) is 84.0 Å². The summed E-state index contributed by atoms with van der Waals surface area (Å²) in [6.45, 7) is 10.1. The molecule has 0 bridgehead atoms. The molecule has 4 heteroatoms. The molecule has 4 nitrogen and oxygen atoms in total. The first-order valence-corrected chi connectivity index (χ1v) is 9.78. The summed E-state index contributed by atoms with van der Waals surface area (Å²) in [5, 5.41) is 13.8. The molecule has 0 saturated carbocycles. The van der Waals surface area contributed by atoms with E-state index in [4.69, 9.17) is 4.74 Å². The first-order chi connectivity index (χ1) is 14.0. The third-order valence-corrected chi connectivity index (χ3v) is 4.48. The highest BCUT2D eigenvalue weighted by Gasteiger charge is 2.17. The van der Waals surface area contributed by atoms with E-state index in [0.717, 1.165) is 23.2 Å². The highest BCUT2D eigenvalue weighted by atomic mass is 16.5. The SMILES string of the molecule is C=CCc1cc(CC=C)c(OCCC)c(C=CC(=O)c2ccc(NC)cc2)c1O. The molecule has 0 atom stereocenters. The zero-order valence-corrected chi connectivity index (χ0v) is 17.2. The van der Waals surface area contributed by atoms with Gasteiger partial charge >= 0.3 is 0 Å². The Morgan fingerprint density at radius 1 is 1.14 bits per heavy atom. The lowest BCUT2D eigenvalue weighted by Gasteiger charge is -2.17. The summed E-state index contributed by atoms with van der Waals surface area (Å²) in [6, 6.07) is 9.15. The Kier molecular flexibility index (Phi) is 8.28. The Labute approximate surface area is 173 Å². The van der Waals surface area contributed by atoms with Crippen molar-refractivity contribution in [3.8, 4) is 11.5 Å². The molecule has 2 aromatic rings. The van der Waals surface area contributed by atoms with Gasteiger partial charge in [-0.05, 0) is 72.9 Å². The number of benzene rings is 2. The molecule has 0 amide bonds. The van der Waals surface area contributed by atoms with E-state index < -0.39 is 0 Å². The molecule has 2 rings (SSSR count). The number of carbonyl (C=O) groups excluding carboxylic acids is 1. The Morgan fingerprint density at radius 3 is 2.38 bits per heavy atom. The van der Waals surface area contributed by atoms with Crippen LogP contribution in [0.3, 0.4) is 0 Å². The summed E-state index contributed by atoms with van der Waals surface area (Å²) in [5.74, 6) is 0.554. The summed E-state index contributed by atoms with van der Waals surface area (Å²) >= 11 is 0. The number of ether oxygens (including phenoxy) is 1. The highest BCUT2D eigenvalue weighted by Crippen LogP contribution is 2.37. The molecule has 0 aliphatic heterocycles. The predicted octanol–water partition coefficient (Wildman–Crippen LogP) is 5.58. The molecule has 0 aromatic heterocycles. The van der Waals surface area contributed by atoms with E-state index in [1.54, 1.807) is 30.4 Å². The van der Waals surface area contributed by atoms with Gasteiger partial charge in [0.25, 0.3) is 0 Å². The van der Waals surface area contributed by atoms with Gasteiger partial charge in [-0.15, -0.1) is 13.2 Å². The van der Waals surface area contributed by atoms with E-state index in [9.17, 15) is 9.90 Å². The smallest absolute Gasteiger partial charge is 0.185 e. The number of phenolic OH excluding ortho intramolecular Hbond substituents is 1. The fourth-order valence-corrected chi connectivity index (χ4v) is 3.00. The van der Waals surface area contributed by atoms with Crippen LogP contribution in [0.15, 0.2) is 61.7 Å². The Bertz CT molecular complexity index is 895. The van der Waals surface area contributed by atoms with Crippen LogP contribution >= 0.6 is 0 Å². The van der Waals surface area contributed by atoms with Crippen LogP contribution in [0.1, 0.15) is 40.4 Å². The van der Waals surface area contributed by atoms with Crippen molar-refractivity contribution < 1.29 is 14.6 Å². The van der Waals surface area contributed by atoms with Crippen molar-refractivity contribution in [1.29, 1.82) is 0 Å². The van der Waals surface area contributed by atoms with Gasteiger partial charge in [-0.1, -0.05) is 19.1 Å². The number of phenols is 1. The maximum Gasteiger partial charge on any atom is 0.185 e. The van der Waals surface area contributed by atoms with Gasteiger partial charge in [0, 0.05) is 18.3 Å². The van der Waals surface area contributed by atoms with Crippen LogP contribution in [0.2, 0.25) is 0 Å². The minimum atomic E-state index is -0.145. The molecule has 0 unspecified atom stereocenters. The van der Waals surface area contributed by atoms with Crippen molar-refractivity contribution in [2.24, 2.45) is 0 Å². The van der Waals surface area contributed by atoms with Crippen molar-refractivity contribution >= 4 is 17.5 Å².